The van der Waals surface area contributed by atoms with Gasteiger partial charge >= 0.3 is 5.97 Å². The number of hydrogen-bond donors (Lipinski definition) is 0. The monoisotopic (exact) mass is 230 g/mol. The van der Waals surface area contributed by atoms with Gasteiger partial charge in [-0.05, 0) is 11.4 Å². The lowest BCUT2D eigenvalue weighted by atomic mass is 10.3. The van der Waals surface area contributed by atoms with Crippen LogP contribution < -0.4 is 0 Å². The molecule has 1 aromatic heterocycles. The third-order valence-corrected chi connectivity index (χ3v) is 3.63. The summed E-state index contributed by atoms with van der Waals surface area (Å²) in [6.07, 6.45) is -0.130. The molecule has 0 aliphatic heterocycles. The second-order valence-electron chi connectivity index (χ2n) is 2.51. The minimum atomic E-state index is -0.471. The number of rotatable bonds is 5. The van der Waals surface area contributed by atoms with Gasteiger partial charge in [0, 0.05) is 0 Å². The first-order valence-electron chi connectivity index (χ1n) is 3.97. The highest BCUT2D eigenvalue weighted by Gasteiger charge is 2.09. The van der Waals surface area contributed by atoms with Crippen molar-refractivity contribution in [3.8, 4) is 0 Å². The number of esters is 1. The maximum absolute atomic E-state index is 11.2. The summed E-state index contributed by atoms with van der Waals surface area (Å²) in [6, 6.07) is 3.87. The number of Topliss-reactive ketones (excluding diaryl/α,β-unsaturated/α-hetero) is 1. The van der Waals surface area contributed by atoms with E-state index in [1.54, 1.807) is 11.3 Å². The van der Waals surface area contributed by atoms with E-state index in [0.29, 0.717) is 5.75 Å². The first-order valence-corrected chi connectivity index (χ1v) is 5.83. The molecule has 0 saturated carbocycles. The molecule has 0 bridgehead atoms. The quantitative estimate of drug-likeness (QED) is 0.440. The Bertz CT molecular complexity index is 306. The Morgan fingerprint density at radius 1 is 1.57 bits per heavy atom. The molecule has 1 heterocycles. The van der Waals surface area contributed by atoms with Gasteiger partial charge in [0.1, 0.15) is 6.42 Å². The van der Waals surface area contributed by atoms with Crippen LogP contribution in [0.25, 0.3) is 0 Å². The number of carbonyl (C=O) groups excluding carboxylic acids is 2. The molecule has 1 aromatic rings. The van der Waals surface area contributed by atoms with Gasteiger partial charge in [-0.25, -0.2) is 0 Å². The second-order valence-corrected chi connectivity index (χ2v) is 4.74. The van der Waals surface area contributed by atoms with Crippen molar-refractivity contribution in [2.45, 2.75) is 10.6 Å². The normalized spacial score (nSPS) is 9.79. The molecule has 0 aromatic carbocycles. The predicted molar refractivity (Wildman–Crippen MR) is 56.7 cm³/mol. The van der Waals surface area contributed by atoms with Crippen LogP contribution in [-0.4, -0.2) is 24.6 Å². The van der Waals surface area contributed by atoms with Gasteiger partial charge < -0.3 is 4.74 Å². The number of hydrogen-bond acceptors (Lipinski definition) is 5. The highest BCUT2D eigenvalue weighted by molar-refractivity contribution is 8.01. The van der Waals surface area contributed by atoms with Crippen molar-refractivity contribution >= 4 is 34.9 Å². The number of carbonyl (C=O) groups is 2. The molecule has 14 heavy (non-hydrogen) atoms. The number of thioether (sulfide) groups is 1. The summed E-state index contributed by atoms with van der Waals surface area (Å²) in [6.45, 7) is 0. The molecular formula is C9H10O3S2. The van der Waals surface area contributed by atoms with Crippen LogP contribution in [0.4, 0.5) is 0 Å². The lowest BCUT2D eigenvalue weighted by Gasteiger charge is -1.97. The average Bonchev–Trinajstić information content (AvgIpc) is 2.67. The molecule has 0 N–H and O–H groups in total. The molecular weight excluding hydrogens is 220 g/mol. The summed E-state index contributed by atoms with van der Waals surface area (Å²) >= 11 is 3.03. The molecule has 0 amide bonds. The summed E-state index contributed by atoms with van der Waals surface area (Å²) in [7, 11) is 1.28. The maximum Gasteiger partial charge on any atom is 0.313 e. The second kappa shape index (κ2) is 5.82. The van der Waals surface area contributed by atoms with Crippen LogP contribution in [0.5, 0.6) is 0 Å². The Morgan fingerprint density at radius 2 is 2.36 bits per heavy atom. The predicted octanol–water partition coefficient (Wildman–Crippen LogP) is 1.97. The van der Waals surface area contributed by atoms with Gasteiger partial charge in [0.15, 0.2) is 5.78 Å². The van der Waals surface area contributed by atoms with E-state index in [-0.39, 0.29) is 12.2 Å². The van der Waals surface area contributed by atoms with Gasteiger partial charge in [0.05, 0.1) is 17.1 Å². The van der Waals surface area contributed by atoms with Crippen LogP contribution in [0.15, 0.2) is 21.7 Å². The van der Waals surface area contributed by atoms with E-state index >= 15 is 0 Å². The van der Waals surface area contributed by atoms with Crippen molar-refractivity contribution in [1.29, 1.82) is 0 Å². The van der Waals surface area contributed by atoms with Crippen LogP contribution in [-0.2, 0) is 14.3 Å². The van der Waals surface area contributed by atoms with Crippen LogP contribution >= 0.6 is 23.1 Å². The van der Waals surface area contributed by atoms with Gasteiger partial charge in [-0.2, -0.15) is 0 Å². The Kier molecular flexibility index (Phi) is 4.69. The Hall–Kier alpha value is -0.810. The summed E-state index contributed by atoms with van der Waals surface area (Å²) in [5.41, 5.74) is 0. The van der Waals surface area contributed by atoms with Crippen LogP contribution in [0.3, 0.4) is 0 Å². The zero-order chi connectivity index (χ0) is 10.4. The number of ketones is 1. The first kappa shape index (κ1) is 11.3. The highest BCUT2D eigenvalue weighted by Crippen LogP contribution is 2.23. The lowest BCUT2D eigenvalue weighted by molar-refractivity contribution is -0.142. The number of thiophene rings is 1. The molecule has 0 fully saturated rings. The molecule has 0 aliphatic carbocycles. The fourth-order valence-electron chi connectivity index (χ4n) is 0.781. The minimum Gasteiger partial charge on any atom is -0.469 e. The zero-order valence-corrected chi connectivity index (χ0v) is 9.32. The molecule has 3 nitrogen and oxygen atoms in total. The van der Waals surface area contributed by atoms with Crippen molar-refractivity contribution in [3.05, 3.63) is 17.5 Å². The summed E-state index contributed by atoms with van der Waals surface area (Å²) in [5, 5.41) is 1.95. The fraction of sp³-hybridized carbons (Fsp3) is 0.333. The molecule has 0 spiro atoms. The molecule has 0 atom stereocenters. The molecule has 0 saturated heterocycles. The fourth-order valence-corrected chi connectivity index (χ4v) is 2.43. The van der Waals surface area contributed by atoms with Crippen molar-refractivity contribution in [1.82, 2.24) is 0 Å². The van der Waals surface area contributed by atoms with Crippen LogP contribution in [0, 0.1) is 0 Å². The molecule has 0 radical (unpaired) electrons. The van der Waals surface area contributed by atoms with Crippen molar-refractivity contribution in [3.63, 3.8) is 0 Å². The summed E-state index contributed by atoms with van der Waals surface area (Å²) in [5.74, 6) is -0.243. The van der Waals surface area contributed by atoms with Crippen molar-refractivity contribution in [2.75, 3.05) is 12.9 Å². The smallest absolute Gasteiger partial charge is 0.313 e. The standard InChI is InChI=1S/C9H10O3S2/c1-12-8(11)5-7(10)6-14-9-3-2-4-13-9/h2-4H,5-6H2,1H3. The van der Waals surface area contributed by atoms with Crippen LogP contribution in [0.1, 0.15) is 6.42 Å². The minimum absolute atomic E-state index is 0.102. The molecule has 0 aliphatic rings. The summed E-state index contributed by atoms with van der Waals surface area (Å²) < 4.78 is 5.48. The molecule has 5 heteroatoms. The third-order valence-electron chi connectivity index (χ3n) is 1.44. The van der Waals surface area contributed by atoms with E-state index in [9.17, 15) is 9.59 Å². The van der Waals surface area contributed by atoms with Crippen molar-refractivity contribution < 1.29 is 14.3 Å². The first-order chi connectivity index (χ1) is 6.72. The van der Waals surface area contributed by atoms with Gasteiger partial charge in [-0.1, -0.05) is 6.07 Å². The van der Waals surface area contributed by atoms with Gasteiger partial charge in [0.25, 0.3) is 0 Å². The Balaban J connectivity index is 2.25. The number of methoxy groups -OCH3 is 1. The van der Waals surface area contributed by atoms with Gasteiger partial charge in [-0.15, -0.1) is 23.1 Å². The highest BCUT2D eigenvalue weighted by atomic mass is 32.2. The maximum atomic E-state index is 11.2. The SMILES string of the molecule is COC(=O)CC(=O)CSc1cccs1. The summed E-state index contributed by atoms with van der Waals surface area (Å²) in [4.78, 5) is 21.9. The Morgan fingerprint density at radius 3 is 2.93 bits per heavy atom. The largest absolute Gasteiger partial charge is 0.469 e. The van der Waals surface area contributed by atoms with Gasteiger partial charge in [0.2, 0.25) is 0 Å². The average molecular weight is 230 g/mol. The molecule has 1 rings (SSSR count). The van der Waals surface area contributed by atoms with E-state index in [2.05, 4.69) is 4.74 Å². The van der Waals surface area contributed by atoms with E-state index < -0.39 is 5.97 Å². The third kappa shape index (κ3) is 3.93. The zero-order valence-electron chi connectivity index (χ0n) is 7.69. The molecule has 76 valence electrons. The number of ether oxygens (including phenoxy) is 1. The van der Waals surface area contributed by atoms with Crippen molar-refractivity contribution in [2.24, 2.45) is 0 Å². The van der Waals surface area contributed by atoms with E-state index in [1.165, 1.54) is 18.9 Å². The topological polar surface area (TPSA) is 43.4 Å². The van der Waals surface area contributed by atoms with E-state index in [0.717, 1.165) is 4.21 Å². The Labute approximate surface area is 90.5 Å². The molecule has 0 unspecified atom stereocenters. The lowest BCUT2D eigenvalue weighted by Crippen LogP contribution is -2.10. The van der Waals surface area contributed by atoms with E-state index in [1.807, 2.05) is 17.5 Å². The van der Waals surface area contributed by atoms with Crippen LogP contribution in [0.2, 0.25) is 0 Å². The van der Waals surface area contributed by atoms with E-state index in [4.69, 9.17) is 0 Å². The van der Waals surface area contributed by atoms with Gasteiger partial charge in [-0.3, -0.25) is 9.59 Å².